The average molecular weight is 255 g/mol. The summed E-state index contributed by atoms with van der Waals surface area (Å²) in [7, 11) is 1.45. The molecule has 1 aromatic heterocycles. The van der Waals surface area contributed by atoms with Crippen molar-refractivity contribution in [2.75, 3.05) is 25.6 Å². The number of nitrogens with one attached hydrogen (secondary N) is 2. The molecular weight excluding hydrogens is 234 g/mol. The van der Waals surface area contributed by atoms with Crippen molar-refractivity contribution in [3.8, 4) is 5.75 Å². The second-order valence-electron chi connectivity index (χ2n) is 4.17. The fourth-order valence-electron chi connectivity index (χ4n) is 1.46. The molecule has 1 aromatic rings. The van der Waals surface area contributed by atoms with E-state index >= 15 is 0 Å². The van der Waals surface area contributed by atoms with Gasteiger partial charge in [-0.15, -0.1) is 0 Å². The first-order valence-corrected chi connectivity index (χ1v) is 6.12. The molecule has 0 aliphatic rings. The first-order valence-electron chi connectivity index (χ1n) is 6.12. The fraction of sp³-hybridized carbons (Fsp3) is 0.667. The van der Waals surface area contributed by atoms with Crippen LogP contribution in [0, 0.1) is 0 Å². The van der Waals surface area contributed by atoms with Crippen molar-refractivity contribution < 1.29 is 9.47 Å². The second-order valence-corrected chi connectivity index (χ2v) is 4.17. The van der Waals surface area contributed by atoms with Gasteiger partial charge >= 0.3 is 0 Å². The van der Waals surface area contributed by atoms with Gasteiger partial charge in [0.05, 0.1) is 19.5 Å². The van der Waals surface area contributed by atoms with Gasteiger partial charge in [0.2, 0.25) is 5.75 Å². The van der Waals surface area contributed by atoms with Gasteiger partial charge in [-0.05, 0) is 26.7 Å². The topological polar surface area (TPSA) is 76.2 Å². The molecule has 1 rings (SSSR count). The van der Waals surface area contributed by atoms with E-state index in [4.69, 9.17) is 9.47 Å². The quantitative estimate of drug-likeness (QED) is 0.687. The molecule has 102 valence electrons. The molecule has 0 saturated heterocycles. The number of ether oxygens (including phenoxy) is 2. The molecule has 0 aliphatic heterocycles. The SMILES string of the molecule is COc1c(NCCCCOC(C)C)nc[nH]c1=O. The van der Waals surface area contributed by atoms with Crippen LogP contribution >= 0.6 is 0 Å². The summed E-state index contributed by atoms with van der Waals surface area (Å²) in [6, 6.07) is 0. The van der Waals surface area contributed by atoms with E-state index in [0.29, 0.717) is 5.82 Å². The first-order chi connectivity index (χ1) is 8.65. The van der Waals surface area contributed by atoms with Crippen molar-refractivity contribution in [2.45, 2.75) is 32.8 Å². The minimum atomic E-state index is -0.279. The molecule has 0 unspecified atom stereocenters. The fourth-order valence-corrected chi connectivity index (χ4v) is 1.46. The van der Waals surface area contributed by atoms with E-state index in [2.05, 4.69) is 15.3 Å². The Morgan fingerprint density at radius 1 is 1.44 bits per heavy atom. The molecule has 2 N–H and O–H groups in total. The van der Waals surface area contributed by atoms with Crippen LogP contribution in [0.1, 0.15) is 26.7 Å². The van der Waals surface area contributed by atoms with Crippen LogP contribution < -0.4 is 15.6 Å². The standard InChI is InChI=1S/C12H21N3O3/c1-9(2)18-7-5-4-6-13-11-10(17-3)12(16)15-8-14-11/h8-9H,4-7H2,1-3H3,(H2,13,14,15,16). The highest BCUT2D eigenvalue weighted by atomic mass is 16.5. The second kappa shape index (κ2) is 7.71. The number of hydrogen-bond acceptors (Lipinski definition) is 5. The van der Waals surface area contributed by atoms with Crippen LogP contribution in [-0.2, 0) is 4.74 Å². The van der Waals surface area contributed by atoms with Crippen molar-refractivity contribution in [3.05, 3.63) is 16.7 Å². The zero-order chi connectivity index (χ0) is 13.4. The highest BCUT2D eigenvalue weighted by molar-refractivity contribution is 5.47. The third-order valence-electron chi connectivity index (χ3n) is 2.33. The lowest BCUT2D eigenvalue weighted by atomic mass is 10.3. The monoisotopic (exact) mass is 255 g/mol. The third-order valence-corrected chi connectivity index (χ3v) is 2.33. The molecule has 0 atom stereocenters. The molecule has 0 aliphatic carbocycles. The highest BCUT2D eigenvalue weighted by Crippen LogP contribution is 2.13. The van der Waals surface area contributed by atoms with Gasteiger partial charge in [-0.3, -0.25) is 4.79 Å². The van der Waals surface area contributed by atoms with Crippen LogP contribution in [0.15, 0.2) is 11.1 Å². The number of aromatic amines is 1. The van der Waals surface area contributed by atoms with Crippen molar-refractivity contribution in [1.82, 2.24) is 9.97 Å². The summed E-state index contributed by atoms with van der Waals surface area (Å²) in [5.74, 6) is 0.696. The summed E-state index contributed by atoms with van der Waals surface area (Å²) in [6.45, 7) is 5.51. The molecule has 0 fully saturated rings. The lowest BCUT2D eigenvalue weighted by Gasteiger charge is -2.09. The molecule has 0 saturated carbocycles. The molecule has 6 nitrogen and oxygen atoms in total. The Balaban J connectivity index is 2.31. The Labute approximate surface area is 107 Å². The zero-order valence-electron chi connectivity index (χ0n) is 11.2. The number of methoxy groups -OCH3 is 1. The average Bonchev–Trinajstić information content (AvgIpc) is 2.33. The lowest BCUT2D eigenvalue weighted by Crippen LogP contribution is -2.15. The van der Waals surface area contributed by atoms with E-state index < -0.39 is 0 Å². The van der Waals surface area contributed by atoms with E-state index in [1.807, 2.05) is 13.8 Å². The maximum atomic E-state index is 11.4. The van der Waals surface area contributed by atoms with E-state index in [1.165, 1.54) is 13.4 Å². The summed E-state index contributed by atoms with van der Waals surface area (Å²) in [4.78, 5) is 17.9. The van der Waals surface area contributed by atoms with Crippen LogP contribution in [0.25, 0.3) is 0 Å². The van der Waals surface area contributed by atoms with E-state index in [-0.39, 0.29) is 17.4 Å². The Hall–Kier alpha value is -1.56. The maximum absolute atomic E-state index is 11.4. The number of unbranched alkanes of at least 4 members (excludes halogenated alkanes) is 1. The minimum absolute atomic E-state index is 0.218. The first kappa shape index (κ1) is 14.5. The third kappa shape index (κ3) is 4.75. The molecule has 0 bridgehead atoms. The van der Waals surface area contributed by atoms with E-state index in [1.54, 1.807) is 0 Å². The molecule has 6 heteroatoms. The van der Waals surface area contributed by atoms with Gasteiger partial charge in [0, 0.05) is 13.2 Å². The Morgan fingerprint density at radius 3 is 2.89 bits per heavy atom. The summed E-state index contributed by atoms with van der Waals surface area (Å²) in [6.07, 6.45) is 3.54. The van der Waals surface area contributed by atoms with Gasteiger partial charge in [0.25, 0.3) is 5.56 Å². The molecule has 0 spiro atoms. The number of rotatable bonds is 8. The van der Waals surface area contributed by atoms with Crippen LogP contribution in [0.3, 0.4) is 0 Å². The summed E-state index contributed by atoms with van der Waals surface area (Å²) >= 11 is 0. The lowest BCUT2D eigenvalue weighted by molar-refractivity contribution is 0.0765. The van der Waals surface area contributed by atoms with Crippen LogP contribution in [0.2, 0.25) is 0 Å². The zero-order valence-corrected chi connectivity index (χ0v) is 11.2. The van der Waals surface area contributed by atoms with Crippen molar-refractivity contribution >= 4 is 5.82 Å². The van der Waals surface area contributed by atoms with Crippen molar-refractivity contribution in [3.63, 3.8) is 0 Å². The van der Waals surface area contributed by atoms with Gasteiger partial charge in [0.15, 0.2) is 5.82 Å². The van der Waals surface area contributed by atoms with Crippen molar-refractivity contribution in [2.24, 2.45) is 0 Å². The molecule has 1 heterocycles. The minimum Gasteiger partial charge on any atom is -0.489 e. The molecule has 18 heavy (non-hydrogen) atoms. The van der Waals surface area contributed by atoms with Gasteiger partial charge in [-0.1, -0.05) is 0 Å². The van der Waals surface area contributed by atoms with Gasteiger partial charge in [0.1, 0.15) is 0 Å². The van der Waals surface area contributed by atoms with E-state index in [0.717, 1.165) is 26.0 Å². The van der Waals surface area contributed by atoms with Gasteiger partial charge in [-0.25, -0.2) is 4.98 Å². The number of hydrogen-bond donors (Lipinski definition) is 2. The van der Waals surface area contributed by atoms with Gasteiger partial charge < -0.3 is 19.8 Å². The van der Waals surface area contributed by atoms with Crippen LogP contribution in [0.4, 0.5) is 5.82 Å². The summed E-state index contributed by atoms with van der Waals surface area (Å²) in [5.41, 5.74) is -0.279. The summed E-state index contributed by atoms with van der Waals surface area (Å²) in [5, 5.41) is 3.08. The molecular formula is C12H21N3O3. The van der Waals surface area contributed by atoms with Crippen molar-refractivity contribution in [1.29, 1.82) is 0 Å². The predicted octanol–water partition coefficient (Wildman–Crippen LogP) is 1.40. The number of nitrogens with zero attached hydrogens (tertiary/aromatic N) is 1. The number of anilines is 1. The molecule has 0 radical (unpaired) electrons. The normalized spacial score (nSPS) is 10.7. The maximum Gasteiger partial charge on any atom is 0.295 e. The summed E-state index contributed by atoms with van der Waals surface area (Å²) < 4.78 is 10.4. The number of aromatic nitrogens is 2. The van der Waals surface area contributed by atoms with Crippen LogP contribution in [-0.4, -0.2) is 36.3 Å². The Morgan fingerprint density at radius 2 is 2.22 bits per heavy atom. The largest absolute Gasteiger partial charge is 0.489 e. The predicted molar refractivity (Wildman–Crippen MR) is 70.2 cm³/mol. The highest BCUT2D eigenvalue weighted by Gasteiger charge is 2.07. The van der Waals surface area contributed by atoms with Crippen LogP contribution in [0.5, 0.6) is 5.75 Å². The Bertz CT molecular complexity index is 404. The number of H-pyrrole nitrogens is 1. The Kier molecular flexibility index (Phi) is 6.21. The van der Waals surface area contributed by atoms with E-state index in [9.17, 15) is 4.79 Å². The van der Waals surface area contributed by atoms with Gasteiger partial charge in [-0.2, -0.15) is 0 Å². The molecule has 0 aromatic carbocycles. The molecule has 0 amide bonds. The smallest absolute Gasteiger partial charge is 0.295 e.